The second-order valence-corrected chi connectivity index (χ2v) is 2.48. The molecule has 92 valence electrons. The molecule has 4 heteroatoms. The fourth-order valence-corrected chi connectivity index (χ4v) is 0.251. The van der Waals surface area contributed by atoms with Crippen molar-refractivity contribution in [2.24, 2.45) is 0 Å². The first-order chi connectivity index (χ1) is 7.10. The van der Waals surface area contributed by atoms with Gasteiger partial charge in [0.15, 0.2) is 0 Å². The lowest BCUT2D eigenvalue weighted by Crippen LogP contribution is -2.03. The summed E-state index contributed by atoms with van der Waals surface area (Å²) >= 11 is 0. The van der Waals surface area contributed by atoms with Crippen LogP contribution in [0, 0.1) is 0 Å². The van der Waals surface area contributed by atoms with Crippen LogP contribution in [0.25, 0.3) is 0 Å². The fourth-order valence-electron chi connectivity index (χ4n) is 0.251. The first-order valence-corrected chi connectivity index (χ1v) is 4.89. The zero-order valence-electron chi connectivity index (χ0n) is 9.80. The van der Waals surface area contributed by atoms with E-state index in [0.29, 0.717) is 0 Å². The molecule has 0 aliphatic heterocycles. The van der Waals surface area contributed by atoms with Gasteiger partial charge in [-0.2, -0.15) is 0 Å². The van der Waals surface area contributed by atoms with Gasteiger partial charge >= 0.3 is 0 Å². The standard InChI is InChI=1S/C6H10O.C3H8O2.C2H6O/c1-2-3-4-5-6-7;1-3(5)2-4;1-2-3/h2-5,7H,6H2,1H3;3-5H,2H2,1H3;3H,2H2,1H3/b3-2+,5-4+;;. The van der Waals surface area contributed by atoms with E-state index >= 15 is 0 Å². The summed E-state index contributed by atoms with van der Waals surface area (Å²) in [6.45, 7) is 5.38. The Morgan fingerprint density at radius 3 is 1.73 bits per heavy atom. The number of rotatable bonds is 3. The summed E-state index contributed by atoms with van der Waals surface area (Å²) in [5.41, 5.74) is 0. The summed E-state index contributed by atoms with van der Waals surface area (Å²) in [6.07, 6.45) is 6.71. The molecule has 1 atom stereocenters. The van der Waals surface area contributed by atoms with Crippen molar-refractivity contribution in [3.8, 4) is 0 Å². The van der Waals surface area contributed by atoms with E-state index in [1.807, 2.05) is 19.1 Å². The van der Waals surface area contributed by atoms with Crippen molar-refractivity contribution in [2.45, 2.75) is 26.9 Å². The Balaban J connectivity index is -0.000000158. The minimum Gasteiger partial charge on any atom is -0.397 e. The lowest BCUT2D eigenvalue weighted by molar-refractivity contribution is 0.110. The fraction of sp³-hybridized carbons (Fsp3) is 0.636. The molecule has 0 amide bonds. The molecule has 0 fully saturated rings. The highest BCUT2D eigenvalue weighted by molar-refractivity contribution is 5.00. The molecule has 0 aromatic carbocycles. The van der Waals surface area contributed by atoms with Gasteiger partial charge in [0, 0.05) is 6.61 Å². The van der Waals surface area contributed by atoms with E-state index in [-0.39, 0.29) is 19.8 Å². The molecule has 0 aliphatic carbocycles. The molecular formula is C11H24O4. The third kappa shape index (κ3) is 60.3. The van der Waals surface area contributed by atoms with Crippen LogP contribution in [0.1, 0.15) is 20.8 Å². The SMILES string of the molecule is C/C=C/C=C/CO.CC(O)CO.CCO. The van der Waals surface area contributed by atoms with E-state index in [9.17, 15) is 0 Å². The molecule has 0 spiro atoms. The van der Waals surface area contributed by atoms with Crippen molar-refractivity contribution >= 4 is 0 Å². The number of aliphatic hydroxyl groups is 4. The third-order valence-corrected chi connectivity index (χ3v) is 0.809. The van der Waals surface area contributed by atoms with Crippen LogP contribution in [0.5, 0.6) is 0 Å². The highest BCUT2D eigenvalue weighted by atomic mass is 16.3. The third-order valence-electron chi connectivity index (χ3n) is 0.809. The highest BCUT2D eigenvalue weighted by Crippen LogP contribution is 1.72. The second kappa shape index (κ2) is 23.3. The largest absolute Gasteiger partial charge is 0.397 e. The molecule has 0 saturated carbocycles. The van der Waals surface area contributed by atoms with Gasteiger partial charge < -0.3 is 20.4 Å². The number of hydrogen-bond donors (Lipinski definition) is 4. The van der Waals surface area contributed by atoms with Crippen LogP contribution in [-0.2, 0) is 0 Å². The summed E-state index contributed by atoms with van der Waals surface area (Å²) in [4.78, 5) is 0. The summed E-state index contributed by atoms with van der Waals surface area (Å²) in [7, 11) is 0. The van der Waals surface area contributed by atoms with Gasteiger partial charge in [0.05, 0.1) is 19.3 Å². The summed E-state index contributed by atoms with van der Waals surface area (Å²) in [5.74, 6) is 0. The van der Waals surface area contributed by atoms with Gasteiger partial charge in [0.1, 0.15) is 0 Å². The highest BCUT2D eigenvalue weighted by Gasteiger charge is 1.83. The van der Waals surface area contributed by atoms with E-state index in [4.69, 9.17) is 20.4 Å². The topological polar surface area (TPSA) is 80.9 Å². The summed E-state index contributed by atoms with van der Waals surface area (Å²) in [6, 6.07) is 0. The van der Waals surface area contributed by atoms with Crippen molar-refractivity contribution in [1.82, 2.24) is 0 Å². The van der Waals surface area contributed by atoms with Gasteiger partial charge in [-0.15, -0.1) is 0 Å². The van der Waals surface area contributed by atoms with Crippen molar-refractivity contribution in [3.05, 3.63) is 24.3 Å². The lowest BCUT2D eigenvalue weighted by atomic mass is 10.4. The maximum Gasteiger partial charge on any atom is 0.0742 e. The molecule has 15 heavy (non-hydrogen) atoms. The Labute approximate surface area is 92.2 Å². The zero-order valence-corrected chi connectivity index (χ0v) is 9.80. The molecule has 0 aliphatic rings. The molecule has 0 radical (unpaired) electrons. The molecule has 4 N–H and O–H groups in total. The van der Waals surface area contributed by atoms with E-state index in [2.05, 4.69) is 0 Å². The zero-order chi connectivity index (χ0) is 12.5. The Kier molecular flexibility index (Phi) is 30.8. The van der Waals surface area contributed by atoms with Gasteiger partial charge in [-0.25, -0.2) is 0 Å². The first kappa shape index (κ1) is 19.8. The maximum absolute atomic E-state index is 8.17. The average Bonchev–Trinajstić information content (AvgIpc) is 2.21. The van der Waals surface area contributed by atoms with Crippen LogP contribution in [0.3, 0.4) is 0 Å². The van der Waals surface area contributed by atoms with Gasteiger partial charge in [0.25, 0.3) is 0 Å². The van der Waals surface area contributed by atoms with Gasteiger partial charge in [-0.1, -0.05) is 24.3 Å². The molecule has 0 aromatic rings. The predicted octanol–water partition coefficient (Wildman–Crippen LogP) is 0.469. The quantitative estimate of drug-likeness (QED) is 0.521. The van der Waals surface area contributed by atoms with Crippen LogP contribution in [0.4, 0.5) is 0 Å². The maximum atomic E-state index is 8.17. The van der Waals surface area contributed by atoms with E-state index in [1.54, 1.807) is 19.1 Å². The normalized spacial score (nSPS) is 11.7. The second-order valence-electron chi connectivity index (χ2n) is 2.48. The molecule has 0 saturated heterocycles. The van der Waals surface area contributed by atoms with Crippen molar-refractivity contribution in [2.75, 3.05) is 19.8 Å². The van der Waals surface area contributed by atoms with E-state index in [1.165, 1.54) is 6.92 Å². The minimum absolute atomic E-state index is 0.129. The average molecular weight is 220 g/mol. The monoisotopic (exact) mass is 220 g/mol. The van der Waals surface area contributed by atoms with E-state index < -0.39 is 6.10 Å². The van der Waals surface area contributed by atoms with Crippen LogP contribution in [-0.4, -0.2) is 46.4 Å². The number of aliphatic hydroxyl groups excluding tert-OH is 4. The summed E-state index contributed by atoms with van der Waals surface area (Å²) in [5, 5.41) is 31.7. The van der Waals surface area contributed by atoms with Crippen LogP contribution in [0.15, 0.2) is 24.3 Å². The van der Waals surface area contributed by atoms with Gasteiger partial charge in [0.2, 0.25) is 0 Å². The molecule has 0 heterocycles. The number of hydrogen-bond acceptors (Lipinski definition) is 4. The van der Waals surface area contributed by atoms with Crippen molar-refractivity contribution < 1.29 is 20.4 Å². The van der Waals surface area contributed by atoms with Crippen molar-refractivity contribution in [1.29, 1.82) is 0 Å². The smallest absolute Gasteiger partial charge is 0.0742 e. The number of allylic oxidation sites excluding steroid dienone is 3. The van der Waals surface area contributed by atoms with Crippen LogP contribution in [0.2, 0.25) is 0 Å². The first-order valence-electron chi connectivity index (χ1n) is 4.89. The minimum atomic E-state index is -0.560. The van der Waals surface area contributed by atoms with Crippen LogP contribution < -0.4 is 0 Å². The molecule has 0 bridgehead atoms. The Morgan fingerprint density at radius 2 is 1.53 bits per heavy atom. The Hall–Kier alpha value is -0.680. The molecule has 0 aromatic heterocycles. The Morgan fingerprint density at radius 1 is 1.13 bits per heavy atom. The van der Waals surface area contributed by atoms with Gasteiger partial charge in [-0.3, -0.25) is 0 Å². The van der Waals surface area contributed by atoms with Crippen molar-refractivity contribution in [3.63, 3.8) is 0 Å². The molecule has 0 rings (SSSR count). The molecule has 1 unspecified atom stereocenters. The molecular weight excluding hydrogens is 196 g/mol. The summed E-state index contributed by atoms with van der Waals surface area (Å²) < 4.78 is 0. The Bertz CT molecular complexity index is 131. The van der Waals surface area contributed by atoms with Gasteiger partial charge in [-0.05, 0) is 20.8 Å². The molecule has 4 nitrogen and oxygen atoms in total. The predicted molar refractivity (Wildman–Crippen MR) is 62.6 cm³/mol. The van der Waals surface area contributed by atoms with E-state index in [0.717, 1.165) is 0 Å². The van der Waals surface area contributed by atoms with Crippen LogP contribution >= 0.6 is 0 Å². The lowest BCUT2D eigenvalue weighted by Gasteiger charge is -1.90.